The second kappa shape index (κ2) is 8.94. The summed E-state index contributed by atoms with van der Waals surface area (Å²) in [6, 6.07) is 16.0. The normalized spacial score (nSPS) is 20.7. The van der Waals surface area contributed by atoms with Crippen LogP contribution in [0.4, 0.5) is 11.4 Å². The van der Waals surface area contributed by atoms with Gasteiger partial charge < -0.3 is 14.5 Å². The van der Waals surface area contributed by atoms with E-state index in [-0.39, 0.29) is 6.10 Å². The van der Waals surface area contributed by atoms with Crippen molar-refractivity contribution in [1.82, 2.24) is 4.90 Å². The summed E-state index contributed by atoms with van der Waals surface area (Å²) in [6.45, 7) is 6.69. The number of hydrogen-bond acceptors (Lipinski definition) is 4. The van der Waals surface area contributed by atoms with E-state index in [4.69, 9.17) is 4.74 Å². The Kier molecular flexibility index (Phi) is 6.08. The van der Waals surface area contributed by atoms with Crippen molar-refractivity contribution in [2.45, 2.75) is 60.8 Å². The lowest BCUT2D eigenvalue weighted by Gasteiger charge is -2.38. The monoisotopic (exact) mass is 422 g/mol. The highest BCUT2D eigenvalue weighted by Crippen LogP contribution is 2.50. The van der Waals surface area contributed by atoms with Gasteiger partial charge in [-0.2, -0.15) is 0 Å². The van der Waals surface area contributed by atoms with Crippen LogP contribution in [0.25, 0.3) is 0 Å². The number of methoxy groups -OCH3 is 1. The minimum absolute atomic E-state index is 0.205. The third-order valence-electron chi connectivity index (χ3n) is 7.16. The Bertz CT molecular complexity index is 873. The maximum atomic E-state index is 6.04. The van der Waals surface area contributed by atoms with Crippen LogP contribution in [0.3, 0.4) is 0 Å². The van der Waals surface area contributed by atoms with E-state index in [1.54, 1.807) is 0 Å². The number of piperidine rings is 1. The summed E-state index contributed by atoms with van der Waals surface area (Å²) in [7, 11) is 1.88. The fraction of sp³-hybridized carbons (Fsp3) is 0.538. The summed E-state index contributed by atoms with van der Waals surface area (Å²) in [5, 5.41) is 0. The van der Waals surface area contributed by atoms with Crippen LogP contribution in [-0.4, -0.2) is 44.3 Å². The van der Waals surface area contributed by atoms with Gasteiger partial charge in [-0.25, -0.2) is 0 Å². The first-order valence-electron chi connectivity index (χ1n) is 11.7. The molecule has 30 heavy (non-hydrogen) atoms. The van der Waals surface area contributed by atoms with Crippen LogP contribution < -0.4 is 4.90 Å². The molecule has 1 saturated carbocycles. The van der Waals surface area contributed by atoms with Gasteiger partial charge in [0.1, 0.15) is 0 Å². The first-order valence-corrected chi connectivity index (χ1v) is 12.5. The molecule has 0 amide bonds. The SMILES string of the molecule is CCC1CCN(CC(CN2c3ccccc3Sc3ccc(C4CC4)cc32)OC)CC1. The summed E-state index contributed by atoms with van der Waals surface area (Å²) in [6.07, 6.45) is 6.89. The molecule has 2 fully saturated rings. The molecule has 0 bridgehead atoms. The molecular formula is C26H34N2OS. The number of likely N-dealkylation sites (tertiary alicyclic amines) is 1. The van der Waals surface area contributed by atoms with Gasteiger partial charge in [0.25, 0.3) is 0 Å². The molecule has 1 saturated heterocycles. The van der Waals surface area contributed by atoms with Gasteiger partial charge in [0.05, 0.1) is 24.0 Å². The Morgan fingerprint density at radius 2 is 1.73 bits per heavy atom. The van der Waals surface area contributed by atoms with Crippen molar-refractivity contribution in [2.75, 3.05) is 38.2 Å². The Balaban J connectivity index is 1.38. The second-order valence-electron chi connectivity index (χ2n) is 9.19. The van der Waals surface area contributed by atoms with Gasteiger partial charge in [0, 0.05) is 23.4 Å². The third-order valence-corrected chi connectivity index (χ3v) is 8.29. The van der Waals surface area contributed by atoms with Crippen molar-refractivity contribution < 1.29 is 4.74 Å². The largest absolute Gasteiger partial charge is 0.378 e. The first kappa shape index (κ1) is 20.4. The second-order valence-corrected chi connectivity index (χ2v) is 10.3. The molecule has 1 atom stereocenters. The van der Waals surface area contributed by atoms with Crippen molar-refractivity contribution >= 4 is 23.1 Å². The molecule has 0 spiro atoms. The van der Waals surface area contributed by atoms with Gasteiger partial charge in [0.2, 0.25) is 0 Å². The average molecular weight is 423 g/mol. The lowest BCUT2D eigenvalue weighted by Crippen LogP contribution is -2.43. The molecule has 1 aliphatic carbocycles. The highest BCUT2D eigenvalue weighted by molar-refractivity contribution is 7.99. The average Bonchev–Trinajstić information content (AvgIpc) is 3.64. The van der Waals surface area contributed by atoms with Crippen LogP contribution in [0.5, 0.6) is 0 Å². The number of ether oxygens (including phenoxy) is 1. The van der Waals surface area contributed by atoms with Crippen LogP contribution >= 0.6 is 11.8 Å². The summed E-state index contributed by atoms with van der Waals surface area (Å²) in [5.41, 5.74) is 4.21. The zero-order valence-electron chi connectivity index (χ0n) is 18.3. The van der Waals surface area contributed by atoms with Crippen molar-refractivity contribution in [3.63, 3.8) is 0 Å². The zero-order chi connectivity index (χ0) is 20.5. The van der Waals surface area contributed by atoms with E-state index in [9.17, 15) is 0 Å². The van der Waals surface area contributed by atoms with E-state index in [1.165, 1.54) is 71.9 Å². The first-order chi connectivity index (χ1) is 14.7. The zero-order valence-corrected chi connectivity index (χ0v) is 19.2. The van der Waals surface area contributed by atoms with Crippen LogP contribution in [0, 0.1) is 5.92 Å². The Morgan fingerprint density at radius 3 is 2.47 bits per heavy atom. The molecule has 3 nitrogen and oxygen atoms in total. The predicted octanol–water partition coefficient (Wildman–Crippen LogP) is 6.30. The molecule has 0 aromatic heterocycles. The Labute approximate surface area is 185 Å². The minimum Gasteiger partial charge on any atom is -0.378 e. The summed E-state index contributed by atoms with van der Waals surface area (Å²) < 4.78 is 6.04. The molecule has 0 radical (unpaired) electrons. The maximum absolute atomic E-state index is 6.04. The molecule has 2 aromatic carbocycles. The van der Waals surface area contributed by atoms with Crippen molar-refractivity contribution in [3.05, 3.63) is 48.0 Å². The van der Waals surface area contributed by atoms with E-state index >= 15 is 0 Å². The van der Waals surface area contributed by atoms with Gasteiger partial charge in [-0.15, -0.1) is 0 Å². The molecule has 2 aromatic rings. The quantitative estimate of drug-likeness (QED) is 0.520. The van der Waals surface area contributed by atoms with E-state index in [2.05, 4.69) is 59.2 Å². The van der Waals surface area contributed by atoms with E-state index in [1.807, 2.05) is 18.9 Å². The molecule has 2 heterocycles. The van der Waals surface area contributed by atoms with E-state index in [0.29, 0.717) is 0 Å². The lowest BCUT2D eigenvalue weighted by atomic mass is 9.94. The van der Waals surface area contributed by atoms with Crippen LogP contribution in [0.2, 0.25) is 0 Å². The fourth-order valence-corrected chi connectivity index (χ4v) is 6.07. The fourth-order valence-electron chi connectivity index (χ4n) is 4.99. The third kappa shape index (κ3) is 4.28. The lowest BCUT2D eigenvalue weighted by molar-refractivity contribution is 0.0561. The smallest absolute Gasteiger partial charge is 0.0876 e. The molecule has 160 valence electrons. The van der Waals surface area contributed by atoms with E-state index < -0.39 is 0 Å². The number of nitrogens with zero attached hydrogens (tertiary/aromatic N) is 2. The molecule has 5 rings (SSSR count). The number of benzene rings is 2. The minimum atomic E-state index is 0.205. The Hall–Kier alpha value is -1.49. The van der Waals surface area contributed by atoms with Gasteiger partial charge in [-0.3, -0.25) is 0 Å². The van der Waals surface area contributed by atoms with Crippen molar-refractivity contribution in [1.29, 1.82) is 0 Å². The van der Waals surface area contributed by atoms with Crippen LogP contribution in [-0.2, 0) is 4.74 Å². The highest BCUT2D eigenvalue weighted by Gasteiger charge is 2.30. The van der Waals surface area contributed by atoms with Gasteiger partial charge in [-0.1, -0.05) is 43.3 Å². The molecule has 2 aliphatic heterocycles. The van der Waals surface area contributed by atoms with Crippen LogP contribution in [0.15, 0.2) is 52.3 Å². The standard InChI is InChI=1S/C26H34N2OS/c1-3-19-12-14-27(15-13-19)17-22(29-2)18-28-23-6-4-5-7-25(23)30-26-11-10-21(16-24(26)28)20-8-9-20/h4-7,10-11,16,19-20,22H,3,8-9,12-15,17-18H2,1-2H3. The molecule has 3 aliphatic rings. The number of hydrogen-bond donors (Lipinski definition) is 0. The summed E-state index contributed by atoms with van der Waals surface area (Å²) in [4.78, 5) is 7.87. The molecule has 1 unspecified atom stereocenters. The number of anilines is 2. The molecule has 4 heteroatoms. The molecular weight excluding hydrogens is 388 g/mol. The van der Waals surface area contributed by atoms with Crippen molar-refractivity contribution in [3.8, 4) is 0 Å². The van der Waals surface area contributed by atoms with Crippen LogP contribution in [0.1, 0.15) is 50.5 Å². The number of para-hydroxylation sites is 1. The van der Waals surface area contributed by atoms with E-state index in [0.717, 1.165) is 24.9 Å². The molecule has 0 N–H and O–H groups in total. The van der Waals surface area contributed by atoms with Gasteiger partial charge in [-0.05, 0) is 80.4 Å². The summed E-state index contributed by atoms with van der Waals surface area (Å²) >= 11 is 1.91. The van der Waals surface area contributed by atoms with Gasteiger partial charge in [0.15, 0.2) is 0 Å². The van der Waals surface area contributed by atoms with Gasteiger partial charge >= 0.3 is 0 Å². The highest BCUT2D eigenvalue weighted by atomic mass is 32.2. The maximum Gasteiger partial charge on any atom is 0.0876 e. The topological polar surface area (TPSA) is 15.7 Å². The van der Waals surface area contributed by atoms with Crippen molar-refractivity contribution in [2.24, 2.45) is 5.92 Å². The number of rotatable bonds is 7. The summed E-state index contributed by atoms with van der Waals surface area (Å²) in [5.74, 6) is 1.69. The Morgan fingerprint density at radius 1 is 0.967 bits per heavy atom. The number of fused-ring (bicyclic) bond motifs is 2. The predicted molar refractivity (Wildman–Crippen MR) is 126 cm³/mol.